The molecule has 0 radical (unpaired) electrons. The molecule has 4 saturated heterocycles. The smallest absolute Gasteiger partial charge is 0.187 e. The van der Waals surface area contributed by atoms with Crippen molar-refractivity contribution in [2.24, 2.45) is 0 Å². The zero-order chi connectivity index (χ0) is 34.6. The second-order valence-corrected chi connectivity index (χ2v) is 11.1. The maximum Gasteiger partial charge on any atom is 0.187 e. The molecule has 0 bridgehead atoms. The first-order valence-electron chi connectivity index (χ1n) is 14.2. The predicted octanol–water partition coefficient (Wildman–Crippen LogP) is -10.8. The van der Waals surface area contributed by atoms with Gasteiger partial charge in [-0.05, 0) is 0 Å². The third-order valence-corrected chi connectivity index (χ3v) is 7.96. The van der Waals surface area contributed by atoms with Gasteiger partial charge >= 0.3 is 0 Å². The molecule has 0 saturated carbocycles. The van der Waals surface area contributed by atoms with E-state index in [0.717, 1.165) is 0 Å². The third kappa shape index (κ3) is 8.45. The van der Waals surface area contributed by atoms with Crippen LogP contribution in [0.1, 0.15) is 0 Å². The molecule has 0 aromatic carbocycles. The van der Waals surface area contributed by atoms with Gasteiger partial charge in [0.25, 0.3) is 0 Å². The Morgan fingerprint density at radius 2 is 0.630 bits per heavy atom. The Hall–Kier alpha value is -0.880. The molecule has 16 N–H and O–H groups in total. The molecule has 20 atom stereocenters. The van der Waals surface area contributed by atoms with E-state index in [1.807, 2.05) is 0 Å². The summed E-state index contributed by atoms with van der Waals surface area (Å²) >= 11 is 0. The average Bonchev–Trinajstić information content (AvgIpc) is 3.05. The molecular weight excluding hydrogens is 640 g/mol. The van der Waals surface area contributed by atoms with Crippen LogP contribution in [0.25, 0.3) is 0 Å². The summed E-state index contributed by atoms with van der Waals surface area (Å²) in [7, 11) is 0. The van der Waals surface area contributed by atoms with Gasteiger partial charge in [0.15, 0.2) is 25.2 Å². The van der Waals surface area contributed by atoms with E-state index >= 15 is 0 Å². The first kappa shape index (κ1) is 39.6. The van der Waals surface area contributed by atoms with E-state index in [9.17, 15) is 56.2 Å². The molecule has 22 heteroatoms. The molecular formula is C24H44O22. The molecule has 0 aliphatic carbocycles. The minimum Gasteiger partial charge on any atom is -0.394 e. The van der Waals surface area contributed by atoms with Gasteiger partial charge in [0.05, 0.1) is 26.4 Å². The van der Waals surface area contributed by atoms with E-state index < -0.39 is 149 Å². The Kier molecular flexibility index (Phi) is 14.8. The van der Waals surface area contributed by atoms with Crippen molar-refractivity contribution < 1.29 is 110 Å². The van der Waals surface area contributed by atoms with Gasteiger partial charge in [-0.3, -0.25) is 0 Å². The lowest BCUT2D eigenvalue weighted by atomic mass is 9.96. The SMILES string of the molecule is OC[C@H]1OC(O)[C@H](O)[C@@H](O)[C@@H]1O.OC[C@H]1OC(O[C@H]2[C@H](O)C(O)C(O[C@H]3C(O)C(O)C(O)O[C@@H]3CO)O[C@@H]2CO)[C@H](O)[C@@H](O)[C@@H]1O. The highest BCUT2D eigenvalue weighted by molar-refractivity contribution is 4.96. The van der Waals surface area contributed by atoms with Crippen LogP contribution in [-0.2, 0) is 28.4 Å². The van der Waals surface area contributed by atoms with Crippen LogP contribution in [0.2, 0.25) is 0 Å². The van der Waals surface area contributed by atoms with Crippen molar-refractivity contribution in [3.8, 4) is 0 Å². The Balaban J connectivity index is 0.000000402. The van der Waals surface area contributed by atoms with Crippen LogP contribution in [0.15, 0.2) is 0 Å². The van der Waals surface area contributed by atoms with Crippen LogP contribution in [0, 0.1) is 0 Å². The summed E-state index contributed by atoms with van der Waals surface area (Å²) in [6.07, 6.45) is -32.2. The molecule has 0 spiro atoms. The molecule has 4 rings (SSSR count). The first-order valence-corrected chi connectivity index (χ1v) is 14.2. The average molecular weight is 685 g/mol. The summed E-state index contributed by atoms with van der Waals surface area (Å²) in [5, 5.41) is 154. The standard InChI is InChI=1S/C18H32O16.C6H12O6/c19-1-4-7(22)8(23)12(27)17(31-4)34-15-6(3-21)32-18(13(28)10(15)25)33-14-5(2-20)30-16(29)11(26)9(14)24;7-1-2-3(8)4(9)5(10)6(11)12-2/h4-29H,1-3H2;2-11H,1H2/t4-,5-,6-,7-,8+,9?,10-,11?,12-,13?,14-,15-,16?,17?,18?;2-,3-,4+,5-,6?/m11/s1. The monoisotopic (exact) mass is 684 g/mol. The van der Waals surface area contributed by atoms with Crippen molar-refractivity contribution in [2.75, 3.05) is 26.4 Å². The Morgan fingerprint density at radius 3 is 1.09 bits per heavy atom. The van der Waals surface area contributed by atoms with Crippen molar-refractivity contribution in [3.63, 3.8) is 0 Å². The lowest BCUT2D eigenvalue weighted by Gasteiger charge is -2.47. The van der Waals surface area contributed by atoms with E-state index in [0.29, 0.717) is 0 Å². The number of hydrogen-bond acceptors (Lipinski definition) is 22. The topological polar surface area (TPSA) is 379 Å². The maximum atomic E-state index is 10.6. The van der Waals surface area contributed by atoms with Crippen LogP contribution in [0.3, 0.4) is 0 Å². The van der Waals surface area contributed by atoms with E-state index in [4.69, 9.17) is 49.2 Å². The summed E-state index contributed by atoms with van der Waals surface area (Å²) in [6.45, 7) is -2.85. The van der Waals surface area contributed by atoms with E-state index in [1.54, 1.807) is 0 Å². The maximum absolute atomic E-state index is 10.6. The van der Waals surface area contributed by atoms with Gasteiger partial charge in [0, 0.05) is 0 Å². The normalized spacial score (nSPS) is 51.7. The molecule has 0 aromatic heterocycles. The van der Waals surface area contributed by atoms with Gasteiger partial charge < -0.3 is 110 Å². The van der Waals surface area contributed by atoms with Crippen LogP contribution in [-0.4, -0.2) is 231 Å². The predicted molar refractivity (Wildman–Crippen MR) is 137 cm³/mol. The van der Waals surface area contributed by atoms with E-state index in [2.05, 4.69) is 4.74 Å². The summed E-state index contributed by atoms with van der Waals surface area (Å²) in [6, 6.07) is 0. The first-order chi connectivity index (χ1) is 21.6. The molecule has 0 amide bonds. The second kappa shape index (κ2) is 17.2. The molecule has 4 aliphatic heterocycles. The van der Waals surface area contributed by atoms with Crippen molar-refractivity contribution in [3.05, 3.63) is 0 Å². The molecule has 272 valence electrons. The summed E-state index contributed by atoms with van der Waals surface area (Å²) in [4.78, 5) is 0. The minimum atomic E-state index is -1.91. The van der Waals surface area contributed by atoms with Crippen molar-refractivity contribution in [2.45, 2.75) is 123 Å². The van der Waals surface area contributed by atoms with Crippen LogP contribution < -0.4 is 0 Å². The third-order valence-electron chi connectivity index (χ3n) is 7.96. The molecule has 4 heterocycles. The number of ether oxygens (including phenoxy) is 6. The van der Waals surface area contributed by atoms with Crippen molar-refractivity contribution in [1.82, 2.24) is 0 Å². The second-order valence-electron chi connectivity index (χ2n) is 11.1. The number of hydrogen-bond donors (Lipinski definition) is 16. The Labute approximate surface area is 260 Å². The zero-order valence-electron chi connectivity index (χ0n) is 24.0. The molecule has 4 aliphatic rings. The quantitative estimate of drug-likeness (QED) is 0.113. The summed E-state index contributed by atoms with van der Waals surface area (Å²) in [5.74, 6) is 0. The van der Waals surface area contributed by atoms with Crippen molar-refractivity contribution >= 4 is 0 Å². The Morgan fingerprint density at radius 1 is 0.326 bits per heavy atom. The molecule has 4 fully saturated rings. The highest BCUT2D eigenvalue weighted by Gasteiger charge is 2.53. The lowest BCUT2D eigenvalue weighted by Crippen LogP contribution is -2.66. The van der Waals surface area contributed by atoms with Crippen LogP contribution >= 0.6 is 0 Å². The Bertz CT molecular complexity index is 893. The van der Waals surface area contributed by atoms with E-state index in [-0.39, 0.29) is 0 Å². The number of aliphatic hydroxyl groups is 16. The van der Waals surface area contributed by atoms with E-state index in [1.165, 1.54) is 0 Å². The highest BCUT2D eigenvalue weighted by Crippen LogP contribution is 2.32. The van der Waals surface area contributed by atoms with Gasteiger partial charge in [0.1, 0.15) is 97.7 Å². The van der Waals surface area contributed by atoms with Gasteiger partial charge in [-0.25, -0.2) is 0 Å². The van der Waals surface area contributed by atoms with Crippen LogP contribution in [0.5, 0.6) is 0 Å². The fourth-order valence-electron chi connectivity index (χ4n) is 5.14. The fourth-order valence-corrected chi connectivity index (χ4v) is 5.14. The molecule has 46 heavy (non-hydrogen) atoms. The highest BCUT2D eigenvalue weighted by atomic mass is 16.8. The van der Waals surface area contributed by atoms with Crippen LogP contribution in [0.4, 0.5) is 0 Å². The van der Waals surface area contributed by atoms with Gasteiger partial charge in [0.2, 0.25) is 0 Å². The van der Waals surface area contributed by atoms with Gasteiger partial charge in [-0.1, -0.05) is 0 Å². The largest absolute Gasteiger partial charge is 0.394 e. The van der Waals surface area contributed by atoms with Gasteiger partial charge in [-0.2, -0.15) is 0 Å². The van der Waals surface area contributed by atoms with Crippen molar-refractivity contribution in [1.29, 1.82) is 0 Å². The molecule has 22 nitrogen and oxygen atoms in total. The fraction of sp³-hybridized carbons (Fsp3) is 1.00. The summed E-state index contributed by atoms with van der Waals surface area (Å²) in [5.41, 5.74) is 0. The van der Waals surface area contributed by atoms with Gasteiger partial charge in [-0.15, -0.1) is 0 Å². The number of aliphatic hydroxyl groups excluding tert-OH is 16. The number of rotatable bonds is 8. The molecule has 0 aromatic rings. The lowest BCUT2D eigenvalue weighted by molar-refractivity contribution is -0.377. The zero-order valence-corrected chi connectivity index (χ0v) is 24.0. The minimum absolute atomic E-state index is 0.526. The summed E-state index contributed by atoms with van der Waals surface area (Å²) < 4.78 is 31.0. The molecule has 7 unspecified atom stereocenters.